The van der Waals surface area contributed by atoms with Crippen molar-refractivity contribution in [2.45, 2.75) is 33.1 Å². The highest BCUT2D eigenvalue weighted by atomic mass is 16.1. The molecule has 0 amide bonds. The second-order valence-corrected chi connectivity index (χ2v) is 5.07. The molecule has 2 aliphatic rings. The third kappa shape index (κ3) is 0.908. The van der Waals surface area contributed by atoms with Crippen molar-refractivity contribution in [3.63, 3.8) is 0 Å². The van der Waals surface area contributed by atoms with Crippen LogP contribution < -0.4 is 0 Å². The first-order chi connectivity index (χ1) is 6.54. The predicted octanol–water partition coefficient (Wildman–Crippen LogP) is 1.72. The second-order valence-electron chi connectivity index (χ2n) is 5.07. The number of nitrogens with zero attached hydrogens (tertiary/aromatic N) is 1. The Morgan fingerprint density at radius 1 is 1.57 bits per heavy atom. The van der Waals surface area contributed by atoms with E-state index in [1.54, 1.807) is 6.08 Å². The highest BCUT2D eigenvalue weighted by Gasteiger charge is 2.63. The van der Waals surface area contributed by atoms with Crippen molar-refractivity contribution < 1.29 is 9.59 Å². The van der Waals surface area contributed by atoms with E-state index in [2.05, 4.69) is 18.8 Å². The zero-order valence-corrected chi connectivity index (χ0v) is 8.67. The number of aliphatic imine (C=N–C) groups is 1. The lowest BCUT2D eigenvalue weighted by atomic mass is 9.69. The number of isocyanates is 1. The molecule has 0 aromatic heterocycles. The van der Waals surface area contributed by atoms with Crippen LogP contribution >= 0.6 is 0 Å². The smallest absolute Gasteiger partial charge is 0.234 e. The number of hydrogen-bond acceptors (Lipinski definition) is 3. The van der Waals surface area contributed by atoms with Gasteiger partial charge < -0.3 is 0 Å². The molecule has 0 N–H and O–H groups in total. The van der Waals surface area contributed by atoms with E-state index >= 15 is 0 Å². The molecular formula is C11H15NO2. The maximum Gasteiger partial charge on any atom is 0.234 e. The topological polar surface area (TPSA) is 46.5 Å². The van der Waals surface area contributed by atoms with Crippen LogP contribution in [0.1, 0.15) is 33.1 Å². The van der Waals surface area contributed by atoms with Crippen molar-refractivity contribution in [1.29, 1.82) is 0 Å². The van der Waals surface area contributed by atoms with Crippen molar-refractivity contribution >= 4 is 11.9 Å². The highest BCUT2D eigenvalue weighted by molar-refractivity contribution is 5.90. The molecule has 2 bridgehead atoms. The largest absolute Gasteiger partial charge is 0.299 e. The molecule has 0 spiro atoms. The van der Waals surface area contributed by atoms with Gasteiger partial charge in [0.05, 0.1) is 12.0 Å². The summed E-state index contributed by atoms with van der Waals surface area (Å²) in [6.45, 7) is 4.62. The van der Waals surface area contributed by atoms with Crippen LogP contribution in [0.5, 0.6) is 0 Å². The summed E-state index contributed by atoms with van der Waals surface area (Å²) < 4.78 is 0. The number of fused-ring (bicyclic) bond motifs is 2. The normalized spacial score (nSPS) is 38.4. The minimum absolute atomic E-state index is 0.0183. The Hall–Kier alpha value is -0.950. The van der Waals surface area contributed by atoms with Crippen LogP contribution in [0.15, 0.2) is 4.99 Å². The average molecular weight is 193 g/mol. The number of ketones is 1. The summed E-state index contributed by atoms with van der Waals surface area (Å²) in [4.78, 5) is 25.7. The lowest BCUT2D eigenvalue weighted by molar-refractivity contribution is -0.128. The van der Waals surface area contributed by atoms with Gasteiger partial charge in [0.2, 0.25) is 6.08 Å². The van der Waals surface area contributed by atoms with Crippen molar-refractivity contribution in [2.75, 3.05) is 6.54 Å². The number of carbonyl (C=O) groups excluding carboxylic acids is 2. The van der Waals surface area contributed by atoms with Gasteiger partial charge in [0.1, 0.15) is 5.78 Å². The minimum atomic E-state index is -0.352. The van der Waals surface area contributed by atoms with Crippen LogP contribution in [0.3, 0.4) is 0 Å². The van der Waals surface area contributed by atoms with Gasteiger partial charge in [-0.3, -0.25) is 4.79 Å². The molecule has 0 saturated heterocycles. The van der Waals surface area contributed by atoms with Crippen molar-refractivity contribution in [1.82, 2.24) is 0 Å². The summed E-state index contributed by atoms with van der Waals surface area (Å²) in [5.74, 6) is 0.801. The zero-order chi connectivity index (χ0) is 10.4. The van der Waals surface area contributed by atoms with Gasteiger partial charge in [0.25, 0.3) is 0 Å². The SMILES string of the molecule is CC1(C)C2CCC1(CN=C=O)C(=O)C2. The molecule has 2 unspecified atom stereocenters. The van der Waals surface area contributed by atoms with E-state index in [1.165, 1.54) is 0 Å². The van der Waals surface area contributed by atoms with Gasteiger partial charge in [-0.2, -0.15) is 0 Å². The fourth-order valence-corrected chi connectivity index (χ4v) is 3.31. The first-order valence-corrected chi connectivity index (χ1v) is 5.11. The van der Waals surface area contributed by atoms with Crippen LogP contribution in [0, 0.1) is 16.7 Å². The second kappa shape index (κ2) is 2.77. The first-order valence-electron chi connectivity index (χ1n) is 5.11. The van der Waals surface area contributed by atoms with E-state index < -0.39 is 0 Å². The zero-order valence-electron chi connectivity index (χ0n) is 8.67. The number of hydrogen-bond donors (Lipinski definition) is 0. The third-order valence-corrected chi connectivity index (χ3v) is 4.55. The van der Waals surface area contributed by atoms with E-state index in [9.17, 15) is 9.59 Å². The van der Waals surface area contributed by atoms with Gasteiger partial charge in [-0.1, -0.05) is 13.8 Å². The monoisotopic (exact) mass is 193 g/mol. The number of carbonyl (C=O) groups is 1. The quantitative estimate of drug-likeness (QED) is 0.495. The van der Waals surface area contributed by atoms with E-state index in [1.807, 2.05) is 0 Å². The summed E-state index contributed by atoms with van der Waals surface area (Å²) in [7, 11) is 0. The molecule has 2 saturated carbocycles. The van der Waals surface area contributed by atoms with Crippen LogP contribution in [0.4, 0.5) is 0 Å². The maximum atomic E-state index is 11.9. The molecular weight excluding hydrogens is 178 g/mol. The fourth-order valence-electron chi connectivity index (χ4n) is 3.31. The molecule has 0 radical (unpaired) electrons. The van der Waals surface area contributed by atoms with Gasteiger partial charge in [-0.05, 0) is 24.2 Å². The summed E-state index contributed by atoms with van der Waals surface area (Å²) in [5.41, 5.74) is -0.334. The standard InChI is InChI=1S/C11H15NO2/c1-10(2)8-3-4-11(10,6-12-7-13)9(14)5-8/h8H,3-6H2,1-2H3. The molecule has 0 aliphatic heterocycles. The van der Waals surface area contributed by atoms with Crippen LogP contribution in [0.25, 0.3) is 0 Å². The summed E-state index contributed by atoms with van der Waals surface area (Å²) in [6.07, 6.45) is 4.24. The number of Topliss-reactive ketones (excluding diaryl/α,β-unsaturated/α-hetero) is 1. The minimum Gasteiger partial charge on any atom is -0.299 e. The Labute approximate surface area is 83.6 Å². The molecule has 2 fully saturated rings. The van der Waals surface area contributed by atoms with Crippen LogP contribution in [-0.2, 0) is 9.59 Å². The molecule has 2 aliphatic carbocycles. The van der Waals surface area contributed by atoms with E-state index in [0.717, 1.165) is 12.8 Å². The molecule has 3 heteroatoms. The van der Waals surface area contributed by atoms with Gasteiger partial charge in [-0.25, -0.2) is 9.79 Å². The Bertz CT molecular complexity index is 328. The number of rotatable bonds is 2. The van der Waals surface area contributed by atoms with Crippen LogP contribution in [0.2, 0.25) is 0 Å². The lowest BCUT2D eigenvalue weighted by Crippen LogP contribution is -2.38. The van der Waals surface area contributed by atoms with Gasteiger partial charge in [0.15, 0.2) is 0 Å². The molecule has 0 aromatic rings. The van der Waals surface area contributed by atoms with Crippen molar-refractivity contribution in [3.05, 3.63) is 0 Å². The maximum absolute atomic E-state index is 11.9. The Balaban J connectivity index is 2.38. The van der Waals surface area contributed by atoms with Crippen molar-refractivity contribution in [3.8, 4) is 0 Å². The Morgan fingerprint density at radius 3 is 2.71 bits per heavy atom. The van der Waals surface area contributed by atoms with E-state index in [4.69, 9.17) is 0 Å². The van der Waals surface area contributed by atoms with Gasteiger partial charge >= 0.3 is 0 Å². The molecule has 0 aromatic carbocycles. The highest BCUT2D eigenvalue weighted by Crippen LogP contribution is 2.63. The van der Waals surface area contributed by atoms with Crippen LogP contribution in [-0.4, -0.2) is 18.4 Å². The lowest BCUT2D eigenvalue weighted by Gasteiger charge is -2.34. The predicted molar refractivity (Wildman–Crippen MR) is 51.6 cm³/mol. The molecule has 2 atom stereocenters. The molecule has 0 heterocycles. The Kier molecular flexibility index (Phi) is 1.90. The average Bonchev–Trinajstić information content (AvgIpc) is 2.48. The summed E-state index contributed by atoms with van der Waals surface area (Å²) in [5, 5.41) is 0. The third-order valence-electron chi connectivity index (χ3n) is 4.55. The van der Waals surface area contributed by atoms with Gasteiger partial charge in [-0.15, -0.1) is 0 Å². The Morgan fingerprint density at radius 2 is 2.29 bits per heavy atom. The van der Waals surface area contributed by atoms with E-state index in [0.29, 0.717) is 24.7 Å². The van der Waals surface area contributed by atoms with Crippen molar-refractivity contribution in [2.24, 2.45) is 21.7 Å². The summed E-state index contributed by atoms with van der Waals surface area (Å²) >= 11 is 0. The molecule has 3 nitrogen and oxygen atoms in total. The first kappa shape index (κ1) is 9.60. The molecule has 14 heavy (non-hydrogen) atoms. The molecule has 76 valence electrons. The fraction of sp³-hybridized carbons (Fsp3) is 0.818. The van der Waals surface area contributed by atoms with E-state index in [-0.39, 0.29) is 10.8 Å². The summed E-state index contributed by atoms with van der Waals surface area (Å²) in [6, 6.07) is 0. The van der Waals surface area contributed by atoms with Gasteiger partial charge in [0, 0.05) is 6.42 Å². The molecule has 2 rings (SSSR count).